The number of hydrogen-bond donors (Lipinski definition) is 2. The molecule has 2 aromatic heterocycles. The Kier molecular flexibility index (Phi) is 3.89. The highest BCUT2D eigenvalue weighted by Gasteiger charge is 2.11. The minimum Gasteiger partial charge on any atom is -0.384 e. The van der Waals surface area contributed by atoms with Gasteiger partial charge in [0.25, 0.3) is 5.91 Å². The Bertz CT molecular complexity index is 569. The molecule has 0 aliphatic rings. The molecule has 2 heterocycles. The number of anilines is 1. The molecule has 6 nitrogen and oxygen atoms in total. The molecule has 0 radical (unpaired) electrons. The molecule has 0 fully saturated rings. The number of nitrogens with two attached hydrogens (primary N) is 1. The van der Waals surface area contributed by atoms with Crippen molar-refractivity contribution in [2.24, 2.45) is 7.05 Å². The van der Waals surface area contributed by atoms with E-state index in [1.54, 1.807) is 17.9 Å². The van der Waals surface area contributed by atoms with E-state index in [0.29, 0.717) is 18.1 Å². The molecule has 0 spiro atoms. The van der Waals surface area contributed by atoms with Gasteiger partial charge in [0.2, 0.25) is 0 Å². The summed E-state index contributed by atoms with van der Waals surface area (Å²) >= 11 is 0. The third kappa shape index (κ3) is 2.78. The zero-order valence-electron chi connectivity index (χ0n) is 11.3. The second kappa shape index (κ2) is 5.60. The van der Waals surface area contributed by atoms with Gasteiger partial charge in [0.1, 0.15) is 11.5 Å². The van der Waals surface area contributed by atoms with Gasteiger partial charge >= 0.3 is 0 Å². The van der Waals surface area contributed by atoms with Gasteiger partial charge in [-0.25, -0.2) is 0 Å². The molecule has 102 valence electrons. The molecule has 0 aromatic carbocycles. The maximum Gasteiger partial charge on any atom is 0.268 e. The zero-order valence-corrected chi connectivity index (χ0v) is 11.3. The van der Waals surface area contributed by atoms with Gasteiger partial charge in [-0.2, -0.15) is 5.10 Å². The van der Waals surface area contributed by atoms with E-state index in [1.807, 2.05) is 22.9 Å². The average molecular weight is 261 g/mol. The van der Waals surface area contributed by atoms with E-state index in [1.165, 1.54) is 0 Å². The second-order valence-electron chi connectivity index (χ2n) is 4.45. The van der Waals surface area contributed by atoms with Crippen molar-refractivity contribution in [2.75, 3.05) is 5.73 Å². The number of nitrogen functional groups attached to an aromatic ring is 1. The molecular formula is C13H19N5O. The van der Waals surface area contributed by atoms with Crippen LogP contribution in [0.25, 0.3) is 0 Å². The lowest BCUT2D eigenvalue weighted by molar-refractivity contribution is 0.0941. The fraction of sp³-hybridized carbons (Fsp3) is 0.385. The normalized spacial score (nSPS) is 10.6. The van der Waals surface area contributed by atoms with Crippen LogP contribution in [0.5, 0.6) is 0 Å². The highest BCUT2D eigenvalue weighted by molar-refractivity contribution is 5.92. The number of carbonyl (C=O) groups excluding carboxylic acids is 1. The maximum atomic E-state index is 12.1. The van der Waals surface area contributed by atoms with Crippen LogP contribution in [0.4, 0.5) is 5.82 Å². The van der Waals surface area contributed by atoms with Gasteiger partial charge in [0.15, 0.2) is 0 Å². The van der Waals surface area contributed by atoms with Gasteiger partial charge in [0.05, 0.1) is 6.20 Å². The number of amides is 1. The molecule has 0 unspecified atom stereocenters. The standard InChI is InChI=1S/C13H19N5O/c1-3-6-18-7-4-5-11(18)13(19)15-8-10-9-16-17(2)12(10)14/h4-5,7,9H,3,6,8,14H2,1-2H3,(H,15,19). The van der Waals surface area contributed by atoms with E-state index in [9.17, 15) is 4.79 Å². The summed E-state index contributed by atoms with van der Waals surface area (Å²) in [4.78, 5) is 12.1. The molecule has 0 aliphatic heterocycles. The number of nitrogens with one attached hydrogen (secondary N) is 1. The van der Waals surface area contributed by atoms with Crippen molar-refractivity contribution in [1.29, 1.82) is 0 Å². The second-order valence-corrected chi connectivity index (χ2v) is 4.45. The molecule has 0 saturated carbocycles. The molecule has 2 rings (SSSR count). The van der Waals surface area contributed by atoms with Crippen LogP contribution in [0.15, 0.2) is 24.5 Å². The topological polar surface area (TPSA) is 77.9 Å². The molecule has 0 saturated heterocycles. The van der Waals surface area contributed by atoms with Crippen LogP contribution < -0.4 is 11.1 Å². The molecule has 3 N–H and O–H groups in total. The van der Waals surface area contributed by atoms with E-state index >= 15 is 0 Å². The van der Waals surface area contributed by atoms with Crippen LogP contribution in [-0.4, -0.2) is 20.3 Å². The number of carbonyl (C=O) groups is 1. The first-order valence-corrected chi connectivity index (χ1v) is 6.33. The Morgan fingerprint density at radius 1 is 1.53 bits per heavy atom. The first-order chi connectivity index (χ1) is 9.13. The van der Waals surface area contributed by atoms with E-state index in [-0.39, 0.29) is 5.91 Å². The number of rotatable bonds is 5. The Morgan fingerprint density at radius 3 is 2.95 bits per heavy atom. The summed E-state index contributed by atoms with van der Waals surface area (Å²) in [6, 6.07) is 3.70. The molecule has 19 heavy (non-hydrogen) atoms. The van der Waals surface area contributed by atoms with Gasteiger partial charge in [-0.3, -0.25) is 9.48 Å². The Hall–Kier alpha value is -2.24. The van der Waals surface area contributed by atoms with Crippen LogP contribution in [0.1, 0.15) is 29.4 Å². The fourth-order valence-electron chi connectivity index (χ4n) is 1.95. The first kappa shape index (κ1) is 13.2. The predicted octanol–water partition coefficient (Wildman–Crippen LogP) is 1.14. The SMILES string of the molecule is CCCn1cccc1C(=O)NCc1cnn(C)c1N. The van der Waals surface area contributed by atoms with Crippen LogP contribution >= 0.6 is 0 Å². The molecule has 0 bridgehead atoms. The predicted molar refractivity (Wildman–Crippen MR) is 73.5 cm³/mol. The highest BCUT2D eigenvalue weighted by Crippen LogP contribution is 2.09. The minimum atomic E-state index is -0.0956. The number of nitrogens with zero attached hydrogens (tertiary/aromatic N) is 3. The van der Waals surface area contributed by atoms with Crippen molar-refractivity contribution in [2.45, 2.75) is 26.4 Å². The van der Waals surface area contributed by atoms with Crippen molar-refractivity contribution in [1.82, 2.24) is 19.7 Å². The monoisotopic (exact) mass is 261 g/mol. The molecular weight excluding hydrogens is 242 g/mol. The summed E-state index contributed by atoms with van der Waals surface area (Å²) in [6.45, 7) is 3.30. The van der Waals surface area contributed by atoms with Crippen molar-refractivity contribution < 1.29 is 4.79 Å². The molecule has 6 heteroatoms. The van der Waals surface area contributed by atoms with Crippen LogP contribution in [0, 0.1) is 0 Å². The lowest BCUT2D eigenvalue weighted by atomic mass is 10.3. The summed E-state index contributed by atoms with van der Waals surface area (Å²) in [7, 11) is 1.77. The van der Waals surface area contributed by atoms with E-state index in [0.717, 1.165) is 18.5 Å². The lowest BCUT2D eigenvalue weighted by Crippen LogP contribution is -2.25. The van der Waals surface area contributed by atoms with Gasteiger partial charge in [0, 0.05) is 31.9 Å². The third-order valence-electron chi connectivity index (χ3n) is 3.03. The maximum absolute atomic E-state index is 12.1. The van der Waals surface area contributed by atoms with Crippen LogP contribution in [-0.2, 0) is 20.1 Å². The number of aryl methyl sites for hydroxylation is 2. The summed E-state index contributed by atoms with van der Waals surface area (Å²) in [5.41, 5.74) is 7.32. The van der Waals surface area contributed by atoms with E-state index in [4.69, 9.17) is 5.73 Å². The summed E-state index contributed by atoms with van der Waals surface area (Å²) in [6.07, 6.45) is 4.57. The van der Waals surface area contributed by atoms with Gasteiger partial charge in [-0.05, 0) is 18.6 Å². The summed E-state index contributed by atoms with van der Waals surface area (Å²) in [5.74, 6) is 0.478. The minimum absolute atomic E-state index is 0.0956. The third-order valence-corrected chi connectivity index (χ3v) is 3.03. The lowest BCUT2D eigenvalue weighted by Gasteiger charge is -2.08. The Balaban J connectivity index is 2.01. The van der Waals surface area contributed by atoms with Crippen molar-refractivity contribution in [3.8, 4) is 0 Å². The van der Waals surface area contributed by atoms with E-state index in [2.05, 4.69) is 17.3 Å². The van der Waals surface area contributed by atoms with Crippen molar-refractivity contribution >= 4 is 11.7 Å². The summed E-state index contributed by atoms with van der Waals surface area (Å²) < 4.78 is 3.53. The van der Waals surface area contributed by atoms with Crippen LogP contribution in [0.3, 0.4) is 0 Å². The Labute approximate surface area is 112 Å². The summed E-state index contributed by atoms with van der Waals surface area (Å²) in [5, 5.41) is 6.90. The van der Waals surface area contributed by atoms with Crippen molar-refractivity contribution in [3.05, 3.63) is 35.8 Å². The van der Waals surface area contributed by atoms with Crippen molar-refractivity contribution in [3.63, 3.8) is 0 Å². The van der Waals surface area contributed by atoms with Gasteiger partial charge in [-0.1, -0.05) is 6.92 Å². The zero-order chi connectivity index (χ0) is 13.8. The van der Waals surface area contributed by atoms with Gasteiger partial charge < -0.3 is 15.6 Å². The first-order valence-electron chi connectivity index (χ1n) is 6.33. The molecule has 0 aliphatic carbocycles. The smallest absolute Gasteiger partial charge is 0.268 e. The Morgan fingerprint density at radius 2 is 2.32 bits per heavy atom. The average Bonchev–Trinajstić information content (AvgIpc) is 2.97. The molecule has 2 aromatic rings. The van der Waals surface area contributed by atoms with Gasteiger partial charge in [-0.15, -0.1) is 0 Å². The molecule has 0 atom stereocenters. The fourth-order valence-corrected chi connectivity index (χ4v) is 1.95. The van der Waals surface area contributed by atoms with Crippen LogP contribution in [0.2, 0.25) is 0 Å². The highest BCUT2D eigenvalue weighted by atomic mass is 16.1. The number of hydrogen-bond acceptors (Lipinski definition) is 3. The van der Waals surface area contributed by atoms with E-state index < -0.39 is 0 Å². The largest absolute Gasteiger partial charge is 0.384 e. The number of aromatic nitrogens is 3. The molecule has 1 amide bonds. The quantitative estimate of drug-likeness (QED) is 0.847.